The highest BCUT2D eigenvalue weighted by molar-refractivity contribution is 6.14. The molecule has 0 spiro atoms. The molecule has 0 saturated heterocycles. The van der Waals surface area contributed by atoms with Crippen molar-refractivity contribution >= 4 is 76.2 Å². The molecule has 0 amide bonds. The van der Waals surface area contributed by atoms with E-state index < -0.39 is 0 Å². The van der Waals surface area contributed by atoms with Gasteiger partial charge in [-0.1, -0.05) is 115 Å². The van der Waals surface area contributed by atoms with E-state index >= 15 is 0 Å². The molecule has 1 aliphatic heterocycles. The zero-order chi connectivity index (χ0) is 40.5. The monoisotopic (exact) mass is 790 g/mol. The maximum absolute atomic E-state index is 6.75. The Morgan fingerprint density at radius 2 is 0.855 bits per heavy atom. The summed E-state index contributed by atoms with van der Waals surface area (Å²) >= 11 is 0. The second kappa shape index (κ2) is 12.6. The van der Waals surface area contributed by atoms with Gasteiger partial charge in [0, 0.05) is 55.3 Å². The minimum absolute atomic E-state index is 0.796. The molecule has 5 nitrogen and oxygen atoms in total. The summed E-state index contributed by atoms with van der Waals surface area (Å²) in [6.45, 7) is 0. The van der Waals surface area contributed by atoms with Crippen molar-refractivity contribution in [2.24, 2.45) is 0 Å². The van der Waals surface area contributed by atoms with Gasteiger partial charge in [0.05, 0.1) is 44.2 Å². The molecule has 1 aliphatic rings. The van der Waals surface area contributed by atoms with Gasteiger partial charge < -0.3 is 13.9 Å². The van der Waals surface area contributed by atoms with Gasteiger partial charge in [-0.05, 0) is 101 Å². The fraction of sp³-hybridized carbons (Fsp3) is 0. The van der Waals surface area contributed by atoms with Crippen molar-refractivity contribution in [3.63, 3.8) is 0 Å². The van der Waals surface area contributed by atoms with Crippen molar-refractivity contribution in [1.82, 2.24) is 18.7 Å². The summed E-state index contributed by atoms with van der Waals surface area (Å²) in [5, 5.41) is 9.44. The molecule has 0 fully saturated rings. The summed E-state index contributed by atoms with van der Waals surface area (Å²) in [6.07, 6.45) is 0. The van der Waals surface area contributed by atoms with E-state index in [2.05, 4.69) is 220 Å². The molecule has 5 heteroatoms. The van der Waals surface area contributed by atoms with Crippen molar-refractivity contribution in [2.75, 3.05) is 0 Å². The van der Waals surface area contributed by atoms with E-state index in [9.17, 15) is 0 Å². The third-order valence-electron chi connectivity index (χ3n) is 13.0. The first kappa shape index (κ1) is 33.4. The predicted molar refractivity (Wildman–Crippen MR) is 256 cm³/mol. The van der Waals surface area contributed by atoms with Crippen molar-refractivity contribution in [3.8, 4) is 51.1 Å². The van der Waals surface area contributed by atoms with Crippen molar-refractivity contribution < 1.29 is 4.74 Å². The molecule has 0 radical (unpaired) electrons. The van der Waals surface area contributed by atoms with E-state index in [4.69, 9.17) is 9.72 Å². The van der Waals surface area contributed by atoms with Crippen LogP contribution in [0.5, 0.6) is 11.5 Å². The molecule has 0 N–H and O–H groups in total. The van der Waals surface area contributed by atoms with Gasteiger partial charge in [-0.15, -0.1) is 0 Å². The Hall–Kier alpha value is -8.41. The average molecular weight is 791 g/mol. The Morgan fingerprint density at radius 1 is 0.339 bits per heavy atom. The molecule has 62 heavy (non-hydrogen) atoms. The summed E-state index contributed by atoms with van der Waals surface area (Å²) in [5.74, 6) is 2.49. The number of hydrogen-bond donors (Lipinski definition) is 0. The quantitative estimate of drug-likeness (QED) is 0.178. The normalized spacial score (nSPS) is 12.3. The van der Waals surface area contributed by atoms with Crippen LogP contribution in [0.15, 0.2) is 206 Å². The number of hydrogen-bond acceptors (Lipinski definition) is 2. The molecule has 0 atom stereocenters. The van der Waals surface area contributed by atoms with Crippen LogP contribution in [0, 0.1) is 0 Å². The Balaban J connectivity index is 0.931. The van der Waals surface area contributed by atoms with Crippen LogP contribution in [-0.2, 0) is 0 Å². The molecular weight excluding hydrogens is 757 g/mol. The maximum Gasteiger partial charge on any atom is 0.138 e. The summed E-state index contributed by atoms with van der Waals surface area (Å²) in [5.41, 5.74) is 13.4. The van der Waals surface area contributed by atoms with Gasteiger partial charge in [-0.25, -0.2) is 4.98 Å². The van der Waals surface area contributed by atoms with Gasteiger partial charge in [-0.3, -0.25) is 4.57 Å². The Labute approximate surface area is 355 Å². The molecule has 0 bridgehead atoms. The van der Waals surface area contributed by atoms with Crippen LogP contribution < -0.4 is 4.74 Å². The van der Waals surface area contributed by atoms with E-state index in [0.717, 1.165) is 72.8 Å². The highest BCUT2D eigenvalue weighted by atomic mass is 16.5. The standard InChI is InChI=1S/C57H34N4O/c1-2-14-38(15-3-1)59-49-22-10-6-18-42(49)45-31-35(25-29-51(45)59)36-26-30-52-46(32-36)43-19-7-11-23-50(43)61(52)55-33-37-13-12-24-53-56(37)57(58-55)44-28-27-39(34-54(44)62-53)60-47-20-8-4-16-40(47)41-17-5-9-21-48(41)60/h1-34H. The lowest BCUT2D eigenvalue weighted by Crippen LogP contribution is -2.05. The highest BCUT2D eigenvalue weighted by Crippen LogP contribution is 2.48. The number of pyridine rings is 1. The molecule has 0 unspecified atom stereocenters. The first-order valence-corrected chi connectivity index (χ1v) is 21.1. The molecule has 9 aromatic carbocycles. The zero-order valence-corrected chi connectivity index (χ0v) is 33.3. The molecule has 13 aromatic rings. The second-order valence-electron chi connectivity index (χ2n) is 16.3. The third-order valence-corrected chi connectivity index (χ3v) is 13.0. The van der Waals surface area contributed by atoms with Gasteiger partial charge in [0.25, 0.3) is 0 Å². The lowest BCUT2D eigenvalue weighted by atomic mass is 9.99. The van der Waals surface area contributed by atoms with E-state index in [1.54, 1.807) is 0 Å². The van der Waals surface area contributed by atoms with Crippen LogP contribution in [0.2, 0.25) is 0 Å². The second-order valence-corrected chi connectivity index (χ2v) is 16.3. The van der Waals surface area contributed by atoms with Crippen molar-refractivity contribution in [2.45, 2.75) is 0 Å². The number of benzene rings is 9. The van der Waals surface area contributed by atoms with Gasteiger partial charge in [-0.2, -0.15) is 0 Å². The van der Waals surface area contributed by atoms with Gasteiger partial charge in [0.2, 0.25) is 0 Å². The SMILES string of the molecule is c1ccc(-n2c3ccccc3c3cc(-c4ccc5c(c4)c4ccccc4n5-c4cc5cccc6c5c(n4)-c4ccc(-n5c7ccccc7c7ccccc75)cc4O6)ccc32)cc1. The van der Waals surface area contributed by atoms with E-state index in [-0.39, 0.29) is 0 Å². The summed E-state index contributed by atoms with van der Waals surface area (Å²) < 4.78 is 13.8. The molecular formula is C57H34N4O. The number of fused-ring (bicyclic) bond motifs is 11. The largest absolute Gasteiger partial charge is 0.456 e. The number of rotatable bonds is 4. The summed E-state index contributed by atoms with van der Waals surface area (Å²) in [7, 11) is 0. The minimum Gasteiger partial charge on any atom is -0.456 e. The summed E-state index contributed by atoms with van der Waals surface area (Å²) in [4.78, 5) is 5.55. The first-order chi connectivity index (χ1) is 30.7. The van der Waals surface area contributed by atoms with Crippen LogP contribution >= 0.6 is 0 Å². The van der Waals surface area contributed by atoms with Crippen LogP contribution in [0.25, 0.3) is 116 Å². The van der Waals surface area contributed by atoms with Crippen LogP contribution in [0.4, 0.5) is 0 Å². The lowest BCUT2D eigenvalue weighted by Gasteiger charge is -2.23. The maximum atomic E-state index is 6.75. The Morgan fingerprint density at radius 3 is 1.48 bits per heavy atom. The minimum atomic E-state index is 0.796. The van der Waals surface area contributed by atoms with Crippen LogP contribution in [0.1, 0.15) is 0 Å². The van der Waals surface area contributed by atoms with Gasteiger partial charge in [0.1, 0.15) is 17.3 Å². The molecule has 14 rings (SSSR count). The van der Waals surface area contributed by atoms with E-state index in [0.29, 0.717) is 0 Å². The first-order valence-electron chi connectivity index (χ1n) is 21.1. The fourth-order valence-electron chi connectivity index (χ4n) is 10.3. The lowest BCUT2D eigenvalue weighted by molar-refractivity contribution is 0.486. The molecule has 4 aromatic heterocycles. The zero-order valence-electron chi connectivity index (χ0n) is 33.3. The van der Waals surface area contributed by atoms with E-state index in [1.165, 1.54) is 54.5 Å². The number of nitrogens with zero attached hydrogens (tertiary/aromatic N) is 4. The molecule has 0 aliphatic carbocycles. The molecule has 0 saturated carbocycles. The third kappa shape index (κ3) is 4.65. The van der Waals surface area contributed by atoms with Gasteiger partial charge in [0.15, 0.2) is 0 Å². The van der Waals surface area contributed by atoms with Crippen molar-refractivity contribution in [3.05, 3.63) is 206 Å². The van der Waals surface area contributed by atoms with Crippen molar-refractivity contribution in [1.29, 1.82) is 0 Å². The summed E-state index contributed by atoms with van der Waals surface area (Å²) in [6, 6.07) is 74.1. The average Bonchev–Trinajstić information content (AvgIpc) is 3.97. The van der Waals surface area contributed by atoms with Crippen LogP contribution in [-0.4, -0.2) is 18.7 Å². The highest BCUT2D eigenvalue weighted by Gasteiger charge is 2.25. The number of ether oxygens (including phenoxy) is 1. The van der Waals surface area contributed by atoms with Crippen LogP contribution in [0.3, 0.4) is 0 Å². The Bertz CT molecular complexity index is 3970. The van der Waals surface area contributed by atoms with E-state index in [1.807, 2.05) is 0 Å². The Kier molecular flexibility index (Phi) is 6.77. The smallest absolute Gasteiger partial charge is 0.138 e. The topological polar surface area (TPSA) is 36.9 Å². The number of aromatic nitrogens is 4. The van der Waals surface area contributed by atoms with Gasteiger partial charge >= 0.3 is 0 Å². The number of para-hydroxylation sites is 5. The molecule has 5 heterocycles. The molecule has 288 valence electrons. The predicted octanol–water partition coefficient (Wildman–Crippen LogP) is 15.0. The fourth-order valence-corrected chi connectivity index (χ4v) is 10.3.